The molecule has 0 atom stereocenters. The van der Waals surface area contributed by atoms with Crippen LogP contribution < -0.4 is 5.32 Å². The first-order valence-electron chi connectivity index (χ1n) is 6.42. The van der Waals surface area contributed by atoms with Crippen molar-refractivity contribution in [1.82, 2.24) is 0 Å². The molecule has 1 N–H and O–H groups in total. The van der Waals surface area contributed by atoms with Gasteiger partial charge < -0.3 is 10.1 Å². The summed E-state index contributed by atoms with van der Waals surface area (Å²) in [6.07, 6.45) is -0.0937. The van der Waals surface area contributed by atoms with Gasteiger partial charge in [-0.2, -0.15) is 5.26 Å². The number of hydrogen-bond acceptors (Lipinski definition) is 4. The third-order valence-corrected chi connectivity index (χ3v) is 2.35. The number of benzene rings is 1. The zero-order chi connectivity index (χ0) is 16.0. The monoisotopic (exact) mass is 292 g/mol. The predicted octanol–water partition coefficient (Wildman–Crippen LogP) is 2.76. The highest BCUT2D eigenvalue weighted by Gasteiger charge is 2.17. The smallest absolute Gasteiger partial charge is 0.306 e. The molecule has 0 spiro atoms. The Labute approximate surface area is 122 Å². The number of esters is 1. The first kappa shape index (κ1) is 16.6. The molecule has 0 fully saturated rings. The van der Waals surface area contributed by atoms with Gasteiger partial charge >= 0.3 is 5.97 Å². The van der Waals surface area contributed by atoms with Crippen molar-refractivity contribution in [3.8, 4) is 6.07 Å². The van der Waals surface area contributed by atoms with Gasteiger partial charge in [0.05, 0.1) is 12.0 Å². The van der Waals surface area contributed by atoms with Crippen LogP contribution in [0, 0.1) is 17.1 Å². The summed E-state index contributed by atoms with van der Waals surface area (Å²) in [6, 6.07) is 5.37. The molecule has 112 valence electrons. The summed E-state index contributed by atoms with van der Waals surface area (Å²) >= 11 is 0. The zero-order valence-electron chi connectivity index (χ0n) is 12.2. The van der Waals surface area contributed by atoms with Gasteiger partial charge in [0.2, 0.25) is 5.91 Å². The molecular weight excluding hydrogens is 275 g/mol. The van der Waals surface area contributed by atoms with E-state index < -0.39 is 23.3 Å². The Hall–Kier alpha value is -2.42. The fourth-order valence-corrected chi connectivity index (χ4v) is 1.52. The second kappa shape index (κ2) is 6.84. The maximum Gasteiger partial charge on any atom is 0.306 e. The number of nitriles is 1. The molecule has 0 unspecified atom stereocenters. The molecule has 0 saturated heterocycles. The summed E-state index contributed by atoms with van der Waals surface area (Å²) in [7, 11) is 0. The standard InChI is InChI=1S/C15H17FN2O3/c1-15(2,3)21-14(20)7-6-13(19)18-11-4-5-12(16)10(8-11)9-17/h4-5,8H,6-7H2,1-3H3,(H,18,19). The normalized spacial score (nSPS) is 10.6. The molecule has 5 nitrogen and oxygen atoms in total. The van der Waals surface area contributed by atoms with Gasteiger partial charge in [-0.3, -0.25) is 9.59 Å². The number of anilines is 1. The highest BCUT2D eigenvalue weighted by Crippen LogP contribution is 2.15. The Morgan fingerprint density at radius 1 is 1.33 bits per heavy atom. The third-order valence-electron chi connectivity index (χ3n) is 2.35. The SMILES string of the molecule is CC(C)(C)OC(=O)CCC(=O)Nc1ccc(F)c(C#N)c1. The average molecular weight is 292 g/mol. The predicted molar refractivity (Wildman–Crippen MR) is 74.8 cm³/mol. The second-order valence-corrected chi connectivity index (χ2v) is 5.44. The van der Waals surface area contributed by atoms with Gasteiger partial charge in [-0.25, -0.2) is 4.39 Å². The highest BCUT2D eigenvalue weighted by molar-refractivity contribution is 5.92. The minimum atomic E-state index is -0.649. The van der Waals surface area contributed by atoms with Crippen molar-refractivity contribution in [2.24, 2.45) is 0 Å². The Balaban J connectivity index is 2.51. The summed E-state index contributed by atoms with van der Waals surface area (Å²) in [5, 5.41) is 11.2. The molecule has 1 aromatic carbocycles. The molecule has 0 aromatic heterocycles. The molecule has 0 bridgehead atoms. The van der Waals surface area contributed by atoms with Crippen LogP contribution in [0.1, 0.15) is 39.2 Å². The molecule has 0 heterocycles. The largest absolute Gasteiger partial charge is 0.460 e. The molecule has 0 aliphatic carbocycles. The van der Waals surface area contributed by atoms with Crippen molar-refractivity contribution in [2.45, 2.75) is 39.2 Å². The maximum absolute atomic E-state index is 13.1. The van der Waals surface area contributed by atoms with Gasteiger partial charge in [0.1, 0.15) is 17.5 Å². The topological polar surface area (TPSA) is 79.2 Å². The van der Waals surface area contributed by atoms with Crippen LogP contribution in [0.4, 0.5) is 10.1 Å². The van der Waals surface area contributed by atoms with E-state index in [0.29, 0.717) is 5.69 Å². The van der Waals surface area contributed by atoms with Gasteiger partial charge in [0.25, 0.3) is 0 Å². The molecule has 0 aliphatic rings. The van der Waals surface area contributed by atoms with Crippen LogP contribution in [0.3, 0.4) is 0 Å². The van der Waals surface area contributed by atoms with Gasteiger partial charge in [-0.15, -0.1) is 0 Å². The van der Waals surface area contributed by atoms with E-state index in [9.17, 15) is 14.0 Å². The molecule has 6 heteroatoms. The number of halogens is 1. The fourth-order valence-electron chi connectivity index (χ4n) is 1.52. The van der Waals surface area contributed by atoms with Crippen LogP contribution >= 0.6 is 0 Å². The van der Waals surface area contributed by atoms with E-state index >= 15 is 0 Å². The molecule has 0 aliphatic heterocycles. The van der Waals surface area contributed by atoms with E-state index in [1.54, 1.807) is 26.8 Å². The molecule has 21 heavy (non-hydrogen) atoms. The van der Waals surface area contributed by atoms with E-state index in [1.165, 1.54) is 12.1 Å². The molecule has 1 aromatic rings. The first-order chi connectivity index (χ1) is 9.71. The van der Waals surface area contributed by atoms with Crippen LogP contribution in [0.2, 0.25) is 0 Å². The zero-order valence-corrected chi connectivity index (χ0v) is 12.2. The van der Waals surface area contributed by atoms with Gasteiger partial charge in [0.15, 0.2) is 0 Å². The van der Waals surface area contributed by atoms with Crippen molar-refractivity contribution < 1.29 is 18.7 Å². The molecular formula is C15H17FN2O3. The number of rotatable bonds is 4. The lowest BCUT2D eigenvalue weighted by molar-refractivity contribution is -0.155. The average Bonchev–Trinajstić information content (AvgIpc) is 2.36. The number of ether oxygens (including phenoxy) is 1. The highest BCUT2D eigenvalue weighted by atomic mass is 19.1. The summed E-state index contributed by atoms with van der Waals surface area (Å²) in [4.78, 5) is 23.1. The van der Waals surface area contributed by atoms with E-state index in [0.717, 1.165) is 6.07 Å². The van der Waals surface area contributed by atoms with Crippen LogP contribution in [0.25, 0.3) is 0 Å². The number of nitrogens with zero attached hydrogens (tertiary/aromatic N) is 1. The second-order valence-electron chi connectivity index (χ2n) is 5.44. The molecule has 0 saturated carbocycles. The lowest BCUT2D eigenvalue weighted by Crippen LogP contribution is -2.24. The number of carbonyl (C=O) groups excluding carboxylic acids is 2. The summed E-state index contributed by atoms with van der Waals surface area (Å²) in [6.45, 7) is 5.23. The van der Waals surface area contributed by atoms with Gasteiger partial charge in [0, 0.05) is 12.1 Å². The fraction of sp³-hybridized carbons (Fsp3) is 0.400. The summed E-state index contributed by atoms with van der Waals surface area (Å²) in [5.41, 5.74) is -0.436. The third kappa shape index (κ3) is 6.04. The number of amides is 1. The number of carbonyl (C=O) groups is 2. The van der Waals surface area contributed by atoms with Crippen LogP contribution in [0.15, 0.2) is 18.2 Å². The van der Waals surface area contributed by atoms with Gasteiger partial charge in [-0.1, -0.05) is 0 Å². The van der Waals surface area contributed by atoms with Crippen molar-refractivity contribution in [2.75, 3.05) is 5.32 Å². The number of nitrogens with one attached hydrogen (secondary N) is 1. The van der Waals surface area contributed by atoms with Crippen molar-refractivity contribution >= 4 is 17.6 Å². The minimum absolute atomic E-state index is 0.0462. The lowest BCUT2D eigenvalue weighted by atomic mass is 10.2. The Bertz CT molecular complexity index is 586. The van der Waals surface area contributed by atoms with E-state index in [2.05, 4.69) is 5.32 Å². The maximum atomic E-state index is 13.1. The minimum Gasteiger partial charge on any atom is -0.460 e. The van der Waals surface area contributed by atoms with Crippen molar-refractivity contribution in [3.05, 3.63) is 29.6 Å². The quantitative estimate of drug-likeness (QED) is 0.865. The Morgan fingerprint density at radius 3 is 2.57 bits per heavy atom. The van der Waals surface area contributed by atoms with E-state index in [1.807, 2.05) is 0 Å². The number of hydrogen-bond donors (Lipinski definition) is 1. The molecule has 1 rings (SSSR count). The van der Waals surface area contributed by atoms with Crippen LogP contribution in [0.5, 0.6) is 0 Å². The molecule has 0 radical (unpaired) electrons. The Kier molecular flexibility index (Phi) is 5.42. The summed E-state index contributed by atoms with van der Waals surface area (Å²) in [5.74, 6) is -1.52. The van der Waals surface area contributed by atoms with Crippen molar-refractivity contribution in [1.29, 1.82) is 5.26 Å². The van der Waals surface area contributed by atoms with Crippen molar-refractivity contribution in [3.63, 3.8) is 0 Å². The van der Waals surface area contributed by atoms with E-state index in [-0.39, 0.29) is 18.4 Å². The van der Waals surface area contributed by atoms with E-state index in [4.69, 9.17) is 10.00 Å². The van der Waals surface area contributed by atoms with Crippen LogP contribution in [-0.4, -0.2) is 17.5 Å². The first-order valence-corrected chi connectivity index (χ1v) is 6.42. The lowest BCUT2D eigenvalue weighted by Gasteiger charge is -2.19. The molecule has 1 amide bonds. The summed E-state index contributed by atoms with van der Waals surface area (Å²) < 4.78 is 18.2. The van der Waals surface area contributed by atoms with Gasteiger partial charge in [-0.05, 0) is 39.0 Å². The van der Waals surface area contributed by atoms with Crippen LogP contribution in [-0.2, 0) is 14.3 Å². The Morgan fingerprint density at radius 2 is 2.00 bits per heavy atom.